The van der Waals surface area contributed by atoms with E-state index in [1.54, 1.807) is 0 Å². The Bertz CT molecular complexity index is 639. The van der Waals surface area contributed by atoms with Gasteiger partial charge >= 0.3 is 0 Å². The Balaban J connectivity index is 2.24. The van der Waals surface area contributed by atoms with Crippen LogP contribution in [0.5, 0.6) is 0 Å². The number of anilines is 1. The molecule has 0 saturated heterocycles. The molecule has 0 aliphatic rings. The van der Waals surface area contributed by atoms with E-state index in [0.29, 0.717) is 9.36 Å². The van der Waals surface area contributed by atoms with E-state index in [4.69, 9.17) is 11.6 Å². The zero-order valence-corrected chi connectivity index (χ0v) is 12.3. The summed E-state index contributed by atoms with van der Waals surface area (Å²) in [5, 5.41) is 8.28. The zero-order valence-electron chi connectivity index (χ0n) is 9.12. The van der Waals surface area contributed by atoms with Crippen molar-refractivity contribution in [2.75, 3.05) is 11.0 Å². The summed E-state index contributed by atoms with van der Waals surface area (Å²) in [4.78, 5) is 0.132. The van der Waals surface area contributed by atoms with Gasteiger partial charge in [-0.1, -0.05) is 34.7 Å². The van der Waals surface area contributed by atoms with E-state index in [1.165, 1.54) is 47.4 Å². The van der Waals surface area contributed by atoms with Crippen molar-refractivity contribution in [2.45, 2.75) is 9.24 Å². The number of sulfonamides is 1. The van der Waals surface area contributed by atoms with Crippen LogP contribution in [0.1, 0.15) is 0 Å². The Morgan fingerprint density at radius 2 is 1.94 bits per heavy atom. The third-order valence-corrected chi connectivity index (χ3v) is 5.48. The van der Waals surface area contributed by atoms with Gasteiger partial charge in [-0.15, -0.1) is 10.2 Å². The van der Waals surface area contributed by atoms with Crippen molar-refractivity contribution < 1.29 is 8.42 Å². The summed E-state index contributed by atoms with van der Waals surface area (Å²) in [6.07, 6.45) is 1.85. The van der Waals surface area contributed by atoms with E-state index in [9.17, 15) is 8.42 Å². The molecule has 0 radical (unpaired) electrons. The quantitative estimate of drug-likeness (QED) is 0.877. The number of halogens is 1. The SMILES string of the molecule is CSc1nnc(NS(=O)(=O)c2ccc(Cl)cc2)s1. The molecule has 1 aromatic carbocycles. The van der Waals surface area contributed by atoms with Gasteiger partial charge in [-0.3, -0.25) is 4.72 Å². The Morgan fingerprint density at radius 1 is 1.28 bits per heavy atom. The smallest absolute Gasteiger partial charge is 0.253 e. The van der Waals surface area contributed by atoms with Crippen molar-refractivity contribution in [3.05, 3.63) is 29.3 Å². The van der Waals surface area contributed by atoms with E-state index in [2.05, 4.69) is 14.9 Å². The first-order valence-corrected chi connectivity index (χ1v) is 8.57. The Hall–Kier alpha value is -0.830. The van der Waals surface area contributed by atoms with Crippen LogP contribution in [-0.2, 0) is 10.0 Å². The van der Waals surface area contributed by atoms with Gasteiger partial charge in [0.2, 0.25) is 5.13 Å². The molecule has 0 bridgehead atoms. The molecule has 0 spiro atoms. The van der Waals surface area contributed by atoms with Gasteiger partial charge in [0.05, 0.1) is 4.90 Å². The number of thioether (sulfide) groups is 1. The highest BCUT2D eigenvalue weighted by molar-refractivity contribution is 8.00. The minimum Gasteiger partial charge on any atom is -0.253 e. The number of hydrogen-bond donors (Lipinski definition) is 1. The average molecular weight is 322 g/mol. The molecule has 0 aliphatic heterocycles. The van der Waals surface area contributed by atoms with Gasteiger partial charge in [-0.05, 0) is 30.5 Å². The highest BCUT2D eigenvalue weighted by atomic mass is 35.5. The molecule has 1 N–H and O–H groups in total. The standard InChI is InChI=1S/C9H8ClN3O2S3/c1-16-9-12-11-8(17-9)13-18(14,15)7-4-2-6(10)3-5-7/h2-5H,1H3,(H,11,13). The van der Waals surface area contributed by atoms with Crippen molar-refractivity contribution in [1.82, 2.24) is 10.2 Å². The minimum absolute atomic E-state index is 0.132. The fourth-order valence-corrected chi connectivity index (χ4v) is 3.65. The molecule has 0 amide bonds. The van der Waals surface area contributed by atoms with Gasteiger partial charge in [0.25, 0.3) is 10.0 Å². The zero-order chi connectivity index (χ0) is 13.2. The van der Waals surface area contributed by atoms with Crippen LogP contribution in [0.25, 0.3) is 0 Å². The van der Waals surface area contributed by atoms with Crippen molar-refractivity contribution in [3.8, 4) is 0 Å². The summed E-state index contributed by atoms with van der Waals surface area (Å²) in [6, 6.07) is 5.90. The molecule has 0 unspecified atom stereocenters. The van der Waals surface area contributed by atoms with Crippen molar-refractivity contribution in [3.63, 3.8) is 0 Å². The van der Waals surface area contributed by atoms with Gasteiger partial charge in [-0.2, -0.15) is 0 Å². The number of nitrogens with one attached hydrogen (secondary N) is 1. The molecule has 1 heterocycles. The van der Waals surface area contributed by atoms with Gasteiger partial charge in [0.15, 0.2) is 4.34 Å². The molecule has 0 aliphatic carbocycles. The highest BCUT2D eigenvalue weighted by Gasteiger charge is 2.16. The third kappa shape index (κ3) is 3.14. The maximum atomic E-state index is 12.0. The van der Waals surface area contributed by atoms with Crippen molar-refractivity contribution >= 4 is 49.9 Å². The van der Waals surface area contributed by atoms with Crippen LogP contribution in [0.4, 0.5) is 5.13 Å². The van der Waals surface area contributed by atoms with E-state index < -0.39 is 10.0 Å². The predicted molar refractivity (Wildman–Crippen MR) is 74.0 cm³/mol. The summed E-state index contributed by atoms with van der Waals surface area (Å²) in [5.41, 5.74) is 0. The minimum atomic E-state index is -3.63. The number of benzene rings is 1. The number of hydrogen-bond acceptors (Lipinski definition) is 6. The predicted octanol–water partition coefficient (Wildman–Crippen LogP) is 2.71. The fourth-order valence-electron chi connectivity index (χ4n) is 1.12. The van der Waals surface area contributed by atoms with E-state index in [0.717, 1.165) is 0 Å². The summed E-state index contributed by atoms with van der Waals surface area (Å²) < 4.78 is 27.0. The van der Waals surface area contributed by atoms with E-state index in [1.807, 2.05) is 6.26 Å². The maximum Gasteiger partial charge on any atom is 0.263 e. The van der Waals surface area contributed by atoms with Gasteiger partial charge in [0.1, 0.15) is 0 Å². The lowest BCUT2D eigenvalue weighted by Gasteiger charge is -2.04. The van der Waals surface area contributed by atoms with Crippen LogP contribution in [0.3, 0.4) is 0 Å². The Morgan fingerprint density at radius 3 is 2.50 bits per heavy atom. The van der Waals surface area contributed by atoms with Crippen LogP contribution >= 0.6 is 34.7 Å². The lowest BCUT2D eigenvalue weighted by Crippen LogP contribution is -2.12. The second-order valence-electron chi connectivity index (χ2n) is 3.14. The van der Waals surface area contributed by atoms with Gasteiger partial charge < -0.3 is 0 Å². The molecule has 0 fully saturated rings. The first kappa shape index (κ1) is 13.6. The van der Waals surface area contributed by atoms with Crippen molar-refractivity contribution in [2.24, 2.45) is 0 Å². The lowest BCUT2D eigenvalue weighted by molar-refractivity contribution is 0.601. The second kappa shape index (κ2) is 5.43. The molecular formula is C9H8ClN3O2S3. The Kier molecular flexibility index (Phi) is 4.10. The summed E-state index contributed by atoms with van der Waals surface area (Å²) in [6.45, 7) is 0. The highest BCUT2D eigenvalue weighted by Crippen LogP contribution is 2.25. The summed E-state index contributed by atoms with van der Waals surface area (Å²) >= 11 is 8.29. The number of nitrogens with zero attached hydrogens (tertiary/aromatic N) is 2. The van der Waals surface area contributed by atoms with E-state index >= 15 is 0 Å². The van der Waals surface area contributed by atoms with Crippen LogP contribution < -0.4 is 4.72 Å². The topological polar surface area (TPSA) is 72.0 Å². The van der Waals surface area contributed by atoms with Crippen LogP contribution in [0, 0.1) is 0 Å². The average Bonchev–Trinajstić information content (AvgIpc) is 2.76. The second-order valence-corrected chi connectivity index (χ2v) is 7.29. The first-order chi connectivity index (χ1) is 8.51. The fraction of sp³-hybridized carbons (Fsp3) is 0.111. The normalized spacial score (nSPS) is 11.4. The molecule has 9 heteroatoms. The number of rotatable bonds is 4. The third-order valence-electron chi connectivity index (χ3n) is 1.93. The summed E-state index contributed by atoms with van der Waals surface area (Å²) in [7, 11) is -3.63. The van der Waals surface area contributed by atoms with Crippen LogP contribution in [-0.4, -0.2) is 24.9 Å². The molecule has 0 saturated carbocycles. The molecule has 5 nitrogen and oxygen atoms in total. The van der Waals surface area contributed by atoms with Crippen molar-refractivity contribution in [1.29, 1.82) is 0 Å². The molecular weight excluding hydrogens is 314 g/mol. The molecule has 0 atom stereocenters. The van der Waals surface area contributed by atoms with Crippen LogP contribution in [0.15, 0.2) is 33.5 Å². The number of aromatic nitrogens is 2. The molecule has 2 aromatic rings. The lowest BCUT2D eigenvalue weighted by atomic mass is 10.4. The maximum absolute atomic E-state index is 12.0. The largest absolute Gasteiger partial charge is 0.263 e. The van der Waals surface area contributed by atoms with Gasteiger partial charge in [-0.25, -0.2) is 8.42 Å². The van der Waals surface area contributed by atoms with Crippen LogP contribution in [0.2, 0.25) is 5.02 Å². The van der Waals surface area contributed by atoms with E-state index in [-0.39, 0.29) is 10.0 Å². The molecule has 96 valence electrons. The molecule has 18 heavy (non-hydrogen) atoms. The first-order valence-electron chi connectivity index (χ1n) is 4.67. The Labute approximate surface area is 118 Å². The summed E-state index contributed by atoms with van der Waals surface area (Å²) in [5.74, 6) is 0. The van der Waals surface area contributed by atoms with Gasteiger partial charge in [0, 0.05) is 5.02 Å². The molecule has 2 rings (SSSR count). The monoisotopic (exact) mass is 321 g/mol. The molecule has 1 aromatic heterocycles.